The highest BCUT2D eigenvalue weighted by molar-refractivity contribution is 7.84. The third-order valence-electron chi connectivity index (χ3n) is 3.96. The fraction of sp³-hybridized carbons (Fsp3) is 0.235. The molecule has 0 spiro atoms. The third kappa shape index (κ3) is 2.32. The van der Waals surface area contributed by atoms with Crippen LogP contribution >= 0.6 is 0 Å². The van der Waals surface area contributed by atoms with Gasteiger partial charge >= 0.3 is 0 Å². The predicted octanol–water partition coefficient (Wildman–Crippen LogP) is 3.15. The quantitative estimate of drug-likeness (QED) is 0.573. The van der Waals surface area contributed by atoms with Gasteiger partial charge < -0.3 is 4.42 Å². The first kappa shape index (κ1) is 15.0. The number of nitrogens with zero attached hydrogens (tertiary/aromatic N) is 4. The average molecular weight is 340 g/mol. The van der Waals surface area contributed by atoms with E-state index in [9.17, 15) is 4.21 Å². The molecule has 4 aromatic rings. The van der Waals surface area contributed by atoms with Crippen LogP contribution in [0.3, 0.4) is 0 Å². The summed E-state index contributed by atoms with van der Waals surface area (Å²) in [7, 11) is -1.05. The van der Waals surface area contributed by atoms with Crippen molar-refractivity contribution < 1.29 is 8.63 Å². The molecule has 1 unspecified atom stereocenters. The van der Waals surface area contributed by atoms with Gasteiger partial charge in [0.25, 0.3) is 0 Å². The number of pyridine rings is 1. The van der Waals surface area contributed by atoms with Gasteiger partial charge in [-0.2, -0.15) is 5.10 Å². The Morgan fingerprint density at radius 3 is 2.79 bits per heavy atom. The minimum atomic E-state index is -1.05. The van der Waals surface area contributed by atoms with E-state index in [4.69, 9.17) is 4.42 Å². The second-order valence-corrected chi connectivity index (χ2v) is 6.97. The highest BCUT2D eigenvalue weighted by Gasteiger charge is 2.18. The zero-order chi connectivity index (χ0) is 16.8. The lowest BCUT2D eigenvalue weighted by Gasteiger charge is -2.05. The smallest absolute Gasteiger partial charge is 0.246 e. The predicted molar refractivity (Wildman–Crippen MR) is 92.4 cm³/mol. The maximum Gasteiger partial charge on any atom is 0.246 e. The van der Waals surface area contributed by atoms with E-state index in [-0.39, 0.29) is 0 Å². The minimum absolute atomic E-state index is 0.497. The van der Waals surface area contributed by atoms with Crippen LogP contribution in [0.4, 0.5) is 0 Å². The Balaban J connectivity index is 1.99. The third-order valence-corrected chi connectivity index (χ3v) is 4.88. The van der Waals surface area contributed by atoms with Crippen LogP contribution in [0.1, 0.15) is 18.3 Å². The number of aromatic nitrogens is 4. The highest BCUT2D eigenvalue weighted by atomic mass is 32.2. The molecule has 0 aliphatic heterocycles. The van der Waals surface area contributed by atoms with E-state index < -0.39 is 10.8 Å². The molecular formula is C17H16N4O2S. The summed E-state index contributed by atoms with van der Waals surface area (Å²) >= 11 is 0. The molecule has 6 nitrogen and oxygen atoms in total. The Kier molecular flexibility index (Phi) is 3.45. The van der Waals surface area contributed by atoms with Gasteiger partial charge in [-0.3, -0.25) is 4.21 Å². The first-order valence-corrected chi connectivity index (χ1v) is 9.22. The molecule has 7 heteroatoms. The van der Waals surface area contributed by atoms with Crippen LogP contribution < -0.4 is 0 Å². The average Bonchev–Trinajstić information content (AvgIpc) is 3.14. The first-order valence-electron chi connectivity index (χ1n) is 7.66. The van der Waals surface area contributed by atoms with Crippen molar-refractivity contribution in [3.05, 3.63) is 41.7 Å². The summed E-state index contributed by atoms with van der Waals surface area (Å²) in [4.78, 5) is 9.74. The number of aryl methyl sites for hydroxylation is 2. The van der Waals surface area contributed by atoms with Crippen molar-refractivity contribution in [3.63, 3.8) is 0 Å². The van der Waals surface area contributed by atoms with Gasteiger partial charge in [-0.15, -0.1) is 0 Å². The SMILES string of the molecule is CCc1ccc2nc(C)nn2c1-c1nc2cc(S(C)=O)ccc2o1. The van der Waals surface area contributed by atoms with Gasteiger partial charge in [0.2, 0.25) is 5.89 Å². The largest absolute Gasteiger partial charge is 0.435 e. The lowest BCUT2D eigenvalue weighted by atomic mass is 10.1. The Bertz CT molecular complexity index is 1100. The lowest BCUT2D eigenvalue weighted by Crippen LogP contribution is -1.99. The zero-order valence-electron chi connectivity index (χ0n) is 13.6. The molecule has 122 valence electrons. The zero-order valence-corrected chi connectivity index (χ0v) is 14.4. The van der Waals surface area contributed by atoms with E-state index in [1.54, 1.807) is 29.0 Å². The Morgan fingerprint density at radius 1 is 1.21 bits per heavy atom. The number of fused-ring (bicyclic) bond motifs is 2. The summed E-state index contributed by atoms with van der Waals surface area (Å²) in [6, 6.07) is 9.38. The molecular weight excluding hydrogens is 324 g/mol. The second-order valence-electron chi connectivity index (χ2n) is 5.59. The number of benzene rings is 1. The van der Waals surface area contributed by atoms with Crippen LogP contribution in [0.15, 0.2) is 39.6 Å². The van der Waals surface area contributed by atoms with Crippen LogP contribution in [-0.4, -0.2) is 30.0 Å². The lowest BCUT2D eigenvalue weighted by molar-refractivity contribution is 0.611. The summed E-state index contributed by atoms with van der Waals surface area (Å²) in [5, 5.41) is 4.47. The summed E-state index contributed by atoms with van der Waals surface area (Å²) < 4.78 is 19.4. The molecule has 0 aliphatic carbocycles. The molecule has 24 heavy (non-hydrogen) atoms. The van der Waals surface area contributed by atoms with Crippen LogP contribution in [0.25, 0.3) is 28.3 Å². The van der Waals surface area contributed by atoms with Gasteiger partial charge in [0.15, 0.2) is 11.2 Å². The van der Waals surface area contributed by atoms with E-state index in [1.165, 1.54) is 0 Å². The molecule has 3 aromatic heterocycles. The number of rotatable bonds is 3. The van der Waals surface area contributed by atoms with E-state index in [2.05, 4.69) is 22.0 Å². The standard InChI is InChI=1S/C17H16N4O2S/c1-4-11-5-8-15-18-10(2)20-21(15)16(11)17-19-13-9-12(24(3)22)6-7-14(13)23-17/h5-9H,4H2,1-3H3. The Hall–Kier alpha value is -2.54. The molecule has 0 saturated heterocycles. The van der Waals surface area contributed by atoms with Crippen molar-refractivity contribution in [1.29, 1.82) is 0 Å². The Labute approximate surface area is 141 Å². The fourth-order valence-corrected chi connectivity index (χ4v) is 3.33. The second kappa shape index (κ2) is 5.52. The molecule has 4 rings (SSSR count). The molecule has 0 fully saturated rings. The maximum absolute atomic E-state index is 11.7. The van der Waals surface area contributed by atoms with Gasteiger partial charge in [-0.25, -0.2) is 14.5 Å². The van der Waals surface area contributed by atoms with Crippen LogP contribution in [0.5, 0.6) is 0 Å². The molecule has 1 aromatic carbocycles. The molecule has 0 radical (unpaired) electrons. The summed E-state index contributed by atoms with van der Waals surface area (Å²) in [5.41, 5.74) is 4.00. The molecule has 0 aliphatic rings. The van der Waals surface area contributed by atoms with Crippen molar-refractivity contribution in [3.8, 4) is 11.6 Å². The minimum Gasteiger partial charge on any atom is -0.435 e. The molecule has 0 bridgehead atoms. The van der Waals surface area contributed by atoms with Gasteiger partial charge in [-0.05, 0) is 43.2 Å². The van der Waals surface area contributed by atoms with E-state index in [1.807, 2.05) is 19.1 Å². The molecule has 3 heterocycles. The summed E-state index contributed by atoms with van der Waals surface area (Å²) in [6.07, 6.45) is 2.48. The first-order chi connectivity index (χ1) is 11.6. The van der Waals surface area contributed by atoms with E-state index in [0.717, 1.165) is 28.2 Å². The van der Waals surface area contributed by atoms with Crippen LogP contribution in [0, 0.1) is 6.92 Å². The normalized spacial score (nSPS) is 13.0. The summed E-state index contributed by atoms with van der Waals surface area (Å²) in [6.45, 7) is 3.94. The topological polar surface area (TPSA) is 73.3 Å². The van der Waals surface area contributed by atoms with Crippen molar-refractivity contribution in [2.24, 2.45) is 0 Å². The Morgan fingerprint density at radius 2 is 2.04 bits per heavy atom. The van der Waals surface area contributed by atoms with Crippen molar-refractivity contribution in [2.75, 3.05) is 6.26 Å². The molecule has 0 N–H and O–H groups in total. The monoisotopic (exact) mass is 340 g/mol. The van der Waals surface area contributed by atoms with Crippen LogP contribution in [0.2, 0.25) is 0 Å². The van der Waals surface area contributed by atoms with Crippen molar-refractivity contribution in [2.45, 2.75) is 25.2 Å². The van der Waals surface area contributed by atoms with Crippen molar-refractivity contribution in [1.82, 2.24) is 19.6 Å². The van der Waals surface area contributed by atoms with E-state index >= 15 is 0 Å². The number of hydrogen-bond donors (Lipinski definition) is 0. The van der Waals surface area contributed by atoms with Gasteiger partial charge in [0.05, 0.1) is 0 Å². The molecule has 0 saturated carbocycles. The van der Waals surface area contributed by atoms with Gasteiger partial charge in [-0.1, -0.05) is 13.0 Å². The van der Waals surface area contributed by atoms with Gasteiger partial charge in [0, 0.05) is 22.0 Å². The molecule has 0 amide bonds. The molecule has 1 atom stereocenters. The van der Waals surface area contributed by atoms with Crippen LogP contribution in [-0.2, 0) is 17.2 Å². The van der Waals surface area contributed by atoms with Crippen molar-refractivity contribution >= 4 is 27.5 Å². The summed E-state index contributed by atoms with van der Waals surface area (Å²) in [5.74, 6) is 1.20. The fourth-order valence-electron chi connectivity index (χ4n) is 2.79. The number of oxazole rings is 1. The van der Waals surface area contributed by atoms with Gasteiger partial charge in [0.1, 0.15) is 17.0 Å². The highest BCUT2D eigenvalue weighted by Crippen LogP contribution is 2.29. The number of hydrogen-bond acceptors (Lipinski definition) is 5. The maximum atomic E-state index is 11.7. The van der Waals surface area contributed by atoms with E-state index in [0.29, 0.717) is 22.8 Å².